The number of likely N-dealkylation sites (N-methyl/N-ethyl adjacent to an activating group) is 1. The molecule has 1 atom stereocenters. The number of pyridine rings is 1. The largest absolute Gasteiger partial charge is 0.473 e. The Kier molecular flexibility index (Phi) is 5.58. The quantitative estimate of drug-likeness (QED) is 0.536. The second-order valence-corrected chi connectivity index (χ2v) is 7.69. The summed E-state index contributed by atoms with van der Waals surface area (Å²) >= 11 is 0. The van der Waals surface area contributed by atoms with E-state index in [1.807, 2.05) is 11.9 Å². The van der Waals surface area contributed by atoms with Crippen LogP contribution >= 0.6 is 9.24 Å². The van der Waals surface area contributed by atoms with Crippen LogP contribution in [0.3, 0.4) is 0 Å². The van der Waals surface area contributed by atoms with Gasteiger partial charge in [0.25, 0.3) is 5.66 Å². The average molecular weight is 450 g/mol. The lowest BCUT2D eigenvalue weighted by Crippen LogP contribution is -2.22. The number of alkyl halides is 2. The molecule has 0 N–H and O–H groups in total. The molecule has 162 valence electrons. The lowest BCUT2D eigenvalue weighted by Gasteiger charge is -2.13. The van der Waals surface area contributed by atoms with E-state index in [4.69, 9.17) is 9.47 Å². The molecule has 0 aliphatic carbocycles. The fourth-order valence-electron chi connectivity index (χ4n) is 3.10. The normalized spacial score (nSPS) is 13.3. The van der Waals surface area contributed by atoms with Crippen LogP contribution in [0, 0.1) is 5.82 Å². The third-order valence-corrected chi connectivity index (χ3v) is 5.00. The minimum absolute atomic E-state index is 0.0184. The Morgan fingerprint density at radius 1 is 1.19 bits per heavy atom. The molecule has 0 saturated carbocycles. The zero-order valence-electron chi connectivity index (χ0n) is 16.4. The third kappa shape index (κ3) is 4.64. The first-order valence-corrected chi connectivity index (χ1v) is 9.84. The van der Waals surface area contributed by atoms with Crippen LogP contribution in [0.15, 0.2) is 47.4 Å². The molecule has 2 aromatic heterocycles. The van der Waals surface area contributed by atoms with Crippen molar-refractivity contribution >= 4 is 15.1 Å². The molecule has 0 radical (unpaired) electrons. The van der Waals surface area contributed by atoms with Crippen LogP contribution in [-0.4, -0.2) is 28.1 Å². The van der Waals surface area contributed by atoms with Gasteiger partial charge in [-0.1, -0.05) is 15.3 Å². The molecule has 1 aliphatic rings. The van der Waals surface area contributed by atoms with Crippen LogP contribution < -0.4 is 20.1 Å². The summed E-state index contributed by atoms with van der Waals surface area (Å²) < 4.78 is 53.7. The first-order valence-electron chi connectivity index (χ1n) is 9.26. The van der Waals surface area contributed by atoms with Crippen molar-refractivity contribution in [3.05, 3.63) is 70.2 Å². The second kappa shape index (κ2) is 8.19. The van der Waals surface area contributed by atoms with E-state index in [0.29, 0.717) is 24.5 Å². The van der Waals surface area contributed by atoms with Gasteiger partial charge in [-0.15, -0.1) is 0 Å². The maximum atomic E-state index is 14.5. The van der Waals surface area contributed by atoms with Gasteiger partial charge in [0, 0.05) is 38.5 Å². The van der Waals surface area contributed by atoms with Gasteiger partial charge in [0.2, 0.25) is 5.88 Å². The number of aromatic nitrogens is 3. The molecule has 1 unspecified atom stereocenters. The van der Waals surface area contributed by atoms with Crippen molar-refractivity contribution in [2.75, 3.05) is 18.5 Å². The molecule has 0 spiro atoms. The lowest BCUT2D eigenvalue weighted by molar-refractivity contribution is 0.0983. The highest BCUT2D eigenvalue weighted by Gasteiger charge is 2.26. The first-order chi connectivity index (χ1) is 14.7. The predicted octanol–water partition coefficient (Wildman–Crippen LogP) is 3.52. The third-order valence-electron chi connectivity index (χ3n) is 4.70. The fourth-order valence-corrected chi connectivity index (χ4v) is 3.25. The molecule has 3 aromatic rings. The van der Waals surface area contributed by atoms with E-state index in [1.165, 1.54) is 27.4 Å². The second-order valence-electron chi connectivity index (χ2n) is 6.96. The van der Waals surface area contributed by atoms with Crippen molar-refractivity contribution in [1.82, 2.24) is 14.5 Å². The number of halogens is 3. The smallest absolute Gasteiger partial charge is 0.352 e. The van der Waals surface area contributed by atoms with Gasteiger partial charge < -0.3 is 14.4 Å². The molecule has 31 heavy (non-hydrogen) atoms. The lowest BCUT2D eigenvalue weighted by atomic mass is 10.2. The molecular formula is C20H18F3N4O3P. The predicted molar refractivity (Wildman–Crippen MR) is 110 cm³/mol. The molecule has 1 aromatic carbocycles. The van der Waals surface area contributed by atoms with Gasteiger partial charge in [0.15, 0.2) is 11.6 Å². The van der Waals surface area contributed by atoms with Gasteiger partial charge in [-0.05, 0) is 23.8 Å². The number of ether oxygens (including phenoxy) is 2. The Bertz CT molecular complexity index is 1180. The van der Waals surface area contributed by atoms with E-state index in [-0.39, 0.29) is 24.0 Å². The molecule has 4 rings (SSSR count). The van der Waals surface area contributed by atoms with Gasteiger partial charge in [0.05, 0.1) is 0 Å². The van der Waals surface area contributed by atoms with E-state index in [2.05, 4.69) is 9.97 Å². The van der Waals surface area contributed by atoms with Crippen LogP contribution in [0.4, 0.5) is 19.0 Å². The Morgan fingerprint density at radius 3 is 2.74 bits per heavy atom. The summed E-state index contributed by atoms with van der Waals surface area (Å²) in [5.74, 6) is 0.0513. The summed E-state index contributed by atoms with van der Waals surface area (Å²) in [5.41, 5.74) is -3.65. The molecular weight excluding hydrogens is 432 g/mol. The van der Waals surface area contributed by atoms with Gasteiger partial charge in [-0.2, -0.15) is 13.8 Å². The molecule has 11 heteroatoms. The fraction of sp³-hybridized carbons (Fsp3) is 0.250. The van der Waals surface area contributed by atoms with Crippen molar-refractivity contribution in [2.24, 2.45) is 0 Å². The van der Waals surface area contributed by atoms with Gasteiger partial charge in [-0.25, -0.2) is 9.18 Å². The van der Waals surface area contributed by atoms with Crippen molar-refractivity contribution in [3.8, 4) is 17.4 Å². The van der Waals surface area contributed by atoms with Crippen molar-refractivity contribution in [3.63, 3.8) is 0 Å². The highest BCUT2D eigenvalue weighted by Crippen LogP contribution is 2.35. The molecule has 0 saturated heterocycles. The van der Waals surface area contributed by atoms with Crippen LogP contribution in [-0.2, 0) is 18.8 Å². The van der Waals surface area contributed by atoms with Crippen LogP contribution in [0.5, 0.6) is 17.4 Å². The standard InChI is InChI=1S/C20H18F3N4O3P/c1-26-6-7-27-18(26)10-17(25-19(27)28)29-11-12-2-3-15(14(21)8-12)30-13-4-5-24-16(9-13)20(22,23)31/h2-5,8-10H,6-7,11,31H2,1H3. The summed E-state index contributed by atoms with van der Waals surface area (Å²) in [7, 11) is 3.25. The maximum Gasteiger partial charge on any atom is 0.352 e. The minimum atomic E-state index is -3.22. The molecule has 1 aliphatic heterocycles. The summed E-state index contributed by atoms with van der Waals surface area (Å²) in [4.78, 5) is 21.4. The Balaban J connectivity index is 1.46. The van der Waals surface area contributed by atoms with Gasteiger partial charge in [0.1, 0.15) is 23.9 Å². The number of anilines is 1. The number of nitrogens with zero attached hydrogens (tertiary/aromatic N) is 4. The van der Waals surface area contributed by atoms with Crippen molar-refractivity contribution < 1.29 is 22.6 Å². The molecule has 7 nitrogen and oxygen atoms in total. The first kappa shape index (κ1) is 21.1. The summed E-state index contributed by atoms with van der Waals surface area (Å²) in [6, 6.07) is 8.19. The Morgan fingerprint density at radius 2 is 2.00 bits per heavy atom. The Hall–Kier alpha value is -3.13. The van der Waals surface area contributed by atoms with Crippen LogP contribution in [0.2, 0.25) is 0 Å². The molecule has 0 bridgehead atoms. The van der Waals surface area contributed by atoms with Gasteiger partial charge in [-0.3, -0.25) is 9.55 Å². The van der Waals surface area contributed by atoms with E-state index in [0.717, 1.165) is 12.3 Å². The molecule has 3 heterocycles. The molecule has 0 fully saturated rings. The number of rotatable bonds is 6. The molecule has 0 amide bonds. The van der Waals surface area contributed by atoms with E-state index < -0.39 is 22.9 Å². The minimum Gasteiger partial charge on any atom is -0.473 e. The Labute approximate surface area is 177 Å². The average Bonchev–Trinajstić information content (AvgIpc) is 3.09. The van der Waals surface area contributed by atoms with Gasteiger partial charge >= 0.3 is 5.69 Å². The van der Waals surface area contributed by atoms with Crippen molar-refractivity contribution in [1.29, 1.82) is 0 Å². The topological polar surface area (TPSA) is 69.5 Å². The summed E-state index contributed by atoms with van der Waals surface area (Å²) in [6.45, 7) is 1.26. The highest BCUT2D eigenvalue weighted by molar-refractivity contribution is 7.17. The van der Waals surface area contributed by atoms with E-state index in [9.17, 15) is 18.0 Å². The summed E-state index contributed by atoms with van der Waals surface area (Å²) in [6.07, 6.45) is 1.16. The number of hydrogen-bond donors (Lipinski definition) is 0. The van der Waals surface area contributed by atoms with Crippen LogP contribution in [0.25, 0.3) is 0 Å². The SMILES string of the molecule is CN1CCn2c1cc(OCc1ccc(Oc3ccnc(C(F)(F)P)c3)c(F)c1)nc2=O. The van der Waals surface area contributed by atoms with Crippen LogP contribution in [0.1, 0.15) is 11.3 Å². The monoisotopic (exact) mass is 450 g/mol. The number of hydrogen-bond acceptors (Lipinski definition) is 6. The maximum absolute atomic E-state index is 14.5. The number of benzene rings is 1. The zero-order chi connectivity index (χ0) is 22.2. The van der Waals surface area contributed by atoms with E-state index in [1.54, 1.807) is 16.7 Å². The van der Waals surface area contributed by atoms with Crippen molar-refractivity contribution in [2.45, 2.75) is 18.8 Å². The zero-order valence-corrected chi connectivity index (χ0v) is 17.5. The number of fused-ring (bicyclic) bond motifs is 1. The van der Waals surface area contributed by atoms with E-state index >= 15 is 0 Å². The summed E-state index contributed by atoms with van der Waals surface area (Å²) in [5, 5.41) is 0. The highest BCUT2D eigenvalue weighted by atomic mass is 31.0.